The molecule has 0 unspecified atom stereocenters. The van der Waals surface area contributed by atoms with Crippen LogP contribution in [0.25, 0.3) is 11.2 Å². The summed E-state index contributed by atoms with van der Waals surface area (Å²) in [5.74, 6) is 0.678. The van der Waals surface area contributed by atoms with Gasteiger partial charge in [0, 0.05) is 44.8 Å². The van der Waals surface area contributed by atoms with E-state index in [0.717, 1.165) is 0 Å². The number of pyridine rings is 1. The van der Waals surface area contributed by atoms with Crippen LogP contribution in [0.5, 0.6) is 0 Å². The number of halogens is 1. The second-order valence-corrected chi connectivity index (χ2v) is 6.74. The van der Waals surface area contributed by atoms with Gasteiger partial charge in [0.25, 0.3) is 0 Å². The molecule has 0 N–H and O–H groups in total. The number of hydrogen-bond acceptors (Lipinski definition) is 6. The molecular formula is C17H17ClN6O2. The van der Waals surface area contributed by atoms with Crippen molar-refractivity contribution >= 4 is 28.7 Å². The molecule has 3 aromatic rings. The Morgan fingerprint density at radius 3 is 2.46 bits per heavy atom. The molecule has 3 aromatic heterocycles. The molecule has 0 saturated carbocycles. The van der Waals surface area contributed by atoms with Crippen molar-refractivity contribution in [3.63, 3.8) is 0 Å². The fraction of sp³-hybridized carbons (Fsp3) is 0.353. The summed E-state index contributed by atoms with van der Waals surface area (Å²) in [5, 5.41) is 0.425. The highest BCUT2D eigenvalue weighted by Crippen LogP contribution is 2.26. The van der Waals surface area contributed by atoms with E-state index in [1.165, 1.54) is 15.3 Å². The molecule has 1 saturated heterocycles. The standard InChI is InChI=1S/C17H17ClN6O2/c1-22-13-9-11(18)10-21-14(13)24(16(26)15(22)25)12-3-7-23(8-4-12)17-19-5-2-6-20-17/h2,5-6,9-10,12H,3-4,7-8H2,1H3. The molecular weight excluding hydrogens is 356 g/mol. The summed E-state index contributed by atoms with van der Waals surface area (Å²) in [6.45, 7) is 1.40. The zero-order valence-corrected chi connectivity index (χ0v) is 14.9. The SMILES string of the molecule is Cn1c(=O)c(=O)n(C2CCN(c3ncccn3)CC2)c2ncc(Cl)cc21. The summed E-state index contributed by atoms with van der Waals surface area (Å²) in [4.78, 5) is 40.0. The maximum atomic E-state index is 12.7. The molecule has 0 radical (unpaired) electrons. The van der Waals surface area contributed by atoms with Crippen molar-refractivity contribution in [1.82, 2.24) is 24.1 Å². The Balaban J connectivity index is 1.72. The highest BCUT2D eigenvalue weighted by molar-refractivity contribution is 6.31. The molecule has 0 atom stereocenters. The normalized spacial score (nSPS) is 15.5. The molecule has 4 rings (SSSR count). The molecule has 0 bridgehead atoms. The maximum Gasteiger partial charge on any atom is 0.318 e. The quantitative estimate of drug-likeness (QED) is 0.632. The lowest BCUT2D eigenvalue weighted by Gasteiger charge is -2.33. The van der Waals surface area contributed by atoms with Gasteiger partial charge < -0.3 is 9.47 Å². The highest BCUT2D eigenvalue weighted by atomic mass is 35.5. The molecule has 1 aliphatic rings. The Labute approximate surface area is 153 Å². The number of rotatable bonds is 2. The Kier molecular flexibility index (Phi) is 4.20. The fourth-order valence-electron chi connectivity index (χ4n) is 3.42. The van der Waals surface area contributed by atoms with Crippen LogP contribution in [0.4, 0.5) is 5.95 Å². The van der Waals surface area contributed by atoms with E-state index in [0.29, 0.717) is 48.1 Å². The van der Waals surface area contributed by atoms with Crippen molar-refractivity contribution in [2.45, 2.75) is 18.9 Å². The van der Waals surface area contributed by atoms with E-state index < -0.39 is 11.1 Å². The fourth-order valence-corrected chi connectivity index (χ4v) is 3.58. The molecule has 0 aliphatic carbocycles. The summed E-state index contributed by atoms with van der Waals surface area (Å²) in [7, 11) is 1.56. The molecule has 8 nitrogen and oxygen atoms in total. The number of hydrogen-bond donors (Lipinski definition) is 0. The highest BCUT2D eigenvalue weighted by Gasteiger charge is 2.26. The number of fused-ring (bicyclic) bond motifs is 1. The largest absolute Gasteiger partial charge is 0.341 e. The van der Waals surface area contributed by atoms with E-state index in [-0.39, 0.29) is 6.04 Å². The van der Waals surface area contributed by atoms with E-state index in [2.05, 4.69) is 19.9 Å². The van der Waals surface area contributed by atoms with Crippen LogP contribution in [0.15, 0.2) is 40.3 Å². The number of aromatic nitrogens is 5. The van der Waals surface area contributed by atoms with Crippen molar-refractivity contribution in [2.24, 2.45) is 7.05 Å². The number of piperidine rings is 1. The number of nitrogens with zero attached hydrogens (tertiary/aromatic N) is 6. The summed E-state index contributed by atoms with van der Waals surface area (Å²) in [5.41, 5.74) is -0.0912. The van der Waals surface area contributed by atoms with Crippen LogP contribution in [-0.2, 0) is 7.05 Å². The predicted octanol–water partition coefficient (Wildman–Crippen LogP) is 1.38. The van der Waals surface area contributed by atoms with Gasteiger partial charge in [-0.15, -0.1) is 0 Å². The predicted molar refractivity (Wildman–Crippen MR) is 98.8 cm³/mol. The summed E-state index contributed by atoms with van der Waals surface area (Å²) >= 11 is 6.02. The van der Waals surface area contributed by atoms with Crippen molar-refractivity contribution in [1.29, 1.82) is 0 Å². The van der Waals surface area contributed by atoms with E-state index >= 15 is 0 Å². The van der Waals surface area contributed by atoms with Crippen LogP contribution in [-0.4, -0.2) is 37.2 Å². The van der Waals surface area contributed by atoms with Crippen LogP contribution < -0.4 is 16.0 Å². The Hall–Kier alpha value is -2.74. The van der Waals surface area contributed by atoms with Gasteiger partial charge in [-0.05, 0) is 25.0 Å². The molecule has 26 heavy (non-hydrogen) atoms. The Morgan fingerprint density at radius 1 is 1.08 bits per heavy atom. The van der Waals surface area contributed by atoms with Crippen LogP contribution in [0.1, 0.15) is 18.9 Å². The van der Waals surface area contributed by atoms with Gasteiger partial charge in [-0.1, -0.05) is 11.6 Å². The summed E-state index contributed by atoms with van der Waals surface area (Å²) in [6, 6.07) is 3.33. The van der Waals surface area contributed by atoms with E-state index in [9.17, 15) is 9.59 Å². The second-order valence-electron chi connectivity index (χ2n) is 6.30. The number of aryl methyl sites for hydroxylation is 1. The third kappa shape index (κ3) is 2.76. The molecule has 1 fully saturated rings. The van der Waals surface area contributed by atoms with Crippen LogP contribution in [0.3, 0.4) is 0 Å². The molecule has 0 aromatic carbocycles. The van der Waals surface area contributed by atoms with Crippen LogP contribution >= 0.6 is 11.6 Å². The van der Waals surface area contributed by atoms with Gasteiger partial charge in [-0.3, -0.25) is 14.2 Å². The first kappa shape index (κ1) is 16.7. The third-order valence-corrected chi connectivity index (χ3v) is 4.98. The average Bonchev–Trinajstić information content (AvgIpc) is 2.68. The van der Waals surface area contributed by atoms with Crippen molar-refractivity contribution < 1.29 is 0 Å². The number of anilines is 1. The lowest BCUT2D eigenvalue weighted by molar-refractivity contribution is 0.389. The van der Waals surface area contributed by atoms with Gasteiger partial charge in [-0.2, -0.15) is 0 Å². The smallest absolute Gasteiger partial charge is 0.318 e. The molecule has 9 heteroatoms. The minimum absolute atomic E-state index is 0.104. The Morgan fingerprint density at radius 2 is 1.77 bits per heavy atom. The molecule has 0 spiro atoms. The van der Waals surface area contributed by atoms with Gasteiger partial charge >= 0.3 is 11.1 Å². The van der Waals surface area contributed by atoms with Gasteiger partial charge in [0.1, 0.15) is 0 Å². The van der Waals surface area contributed by atoms with Gasteiger partial charge in [0.05, 0.1) is 10.5 Å². The first-order valence-electron chi connectivity index (χ1n) is 8.35. The van der Waals surface area contributed by atoms with Crippen molar-refractivity contribution in [3.8, 4) is 0 Å². The molecule has 0 amide bonds. The van der Waals surface area contributed by atoms with Gasteiger partial charge in [0.15, 0.2) is 5.65 Å². The minimum Gasteiger partial charge on any atom is -0.341 e. The maximum absolute atomic E-state index is 12.7. The first-order valence-corrected chi connectivity index (χ1v) is 8.73. The lowest BCUT2D eigenvalue weighted by Crippen LogP contribution is -2.45. The lowest BCUT2D eigenvalue weighted by atomic mass is 10.0. The van der Waals surface area contributed by atoms with E-state index in [1.807, 2.05) is 0 Å². The topological polar surface area (TPSA) is 85.9 Å². The zero-order valence-electron chi connectivity index (χ0n) is 14.2. The van der Waals surface area contributed by atoms with E-state index in [4.69, 9.17) is 11.6 Å². The average molecular weight is 373 g/mol. The summed E-state index contributed by atoms with van der Waals surface area (Å²) in [6.07, 6.45) is 6.31. The summed E-state index contributed by atoms with van der Waals surface area (Å²) < 4.78 is 2.83. The zero-order chi connectivity index (χ0) is 18.3. The first-order chi connectivity index (χ1) is 12.6. The minimum atomic E-state index is -0.574. The van der Waals surface area contributed by atoms with Crippen LogP contribution in [0, 0.1) is 0 Å². The second kappa shape index (κ2) is 6.53. The molecule has 1 aliphatic heterocycles. The van der Waals surface area contributed by atoms with Crippen LogP contribution in [0.2, 0.25) is 5.02 Å². The Bertz CT molecular complexity index is 1070. The molecule has 4 heterocycles. The molecule has 134 valence electrons. The van der Waals surface area contributed by atoms with Crippen molar-refractivity contribution in [3.05, 3.63) is 56.5 Å². The van der Waals surface area contributed by atoms with Gasteiger partial charge in [0.2, 0.25) is 5.95 Å². The van der Waals surface area contributed by atoms with E-state index in [1.54, 1.807) is 31.6 Å². The van der Waals surface area contributed by atoms with Gasteiger partial charge in [-0.25, -0.2) is 15.0 Å². The third-order valence-electron chi connectivity index (χ3n) is 4.77. The van der Waals surface area contributed by atoms with Crippen molar-refractivity contribution in [2.75, 3.05) is 18.0 Å². The monoisotopic (exact) mass is 372 g/mol.